The highest BCUT2D eigenvalue weighted by molar-refractivity contribution is 7.99. The molecule has 1 heterocycles. The number of aliphatic carboxylic acids is 1. The third-order valence-corrected chi connectivity index (χ3v) is 4.33. The molecule has 0 aliphatic carbocycles. The number of halogens is 1. The molecule has 2 N–H and O–H groups in total. The van der Waals surface area contributed by atoms with Gasteiger partial charge in [0.05, 0.1) is 0 Å². The Hall–Kier alpha value is -0.710. The Balaban J connectivity index is 1.95. The molecule has 3 nitrogen and oxygen atoms in total. The van der Waals surface area contributed by atoms with Crippen LogP contribution in [0, 0.1) is 0 Å². The molecular formula is C13H16ClNO2S. The summed E-state index contributed by atoms with van der Waals surface area (Å²) in [4.78, 5) is 11.7. The maximum absolute atomic E-state index is 10.4. The number of benzene rings is 1. The van der Waals surface area contributed by atoms with Crippen molar-refractivity contribution in [1.29, 1.82) is 0 Å². The molecule has 1 unspecified atom stereocenters. The van der Waals surface area contributed by atoms with E-state index in [9.17, 15) is 4.79 Å². The van der Waals surface area contributed by atoms with Gasteiger partial charge in [-0.25, -0.2) is 0 Å². The number of thioether (sulfide) groups is 1. The highest BCUT2D eigenvalue weighted by atomic mass is 35.5. The Morgan fingerprint density at radius 1 is 1.56 bits per heavy atom. The molecule has 1 aliphatic rings. The maximum Gasteiger partial charge on any atom is 0.303 e. The van der Waals surface area contributed by atoms with Crippen LogP contribution in [-0.4, -0.2) is 23.4 Å². The van der Waals surface area contributed by atoms with Crippen molar-refractivity contribution in [2.45, 2.75) is 30.2 Å². The predicted molar refractivity (Wildman–Crippen MR) is 74.4 cm³/mol. The molecule has 0 saturated carbocycles. The summed E-state index contributed by atoms with van der Waals surface area (Å²) >= 11 is 7.88. The minimum absolute atomic E-state index is 0.219. The minimum atomic E-state index is -0.737. The van der Waals surface area contributed by atoms with E-state index in [0.29, 0.717) is 12.5 Å². The summed E-state index contributed by atoms with van der Waals surface area (Å²) in [7, 11) is 0. The first-order chi connectivity index (χ1) is 8.66. The van der Waals surface area contributed by atoms with Crippen LogP contribution in [0.15, 0.2) is 23.1 Å². The van der Waals surface area contributed by atoms with E-state index in [4.69, 9.17) is 16.7 Å². The molecule has 0 amide bonds. The van der Waals surface area contributed by atoms with E-state index in [1.165, 1.54) is 10.5 Å². The monoisotopic (exact) mass is 285 g/mol. The van der Waals surface area contributed by atoms with Crippen molar-refractivity contribution >= 4 is 29.3 Å². The van der Waals surface area contributed by atoms with Gasteiger partial charge in [0.25, 0.3) is 0 Å². The Morgan fingerprint density at radius 3 is 3.17 bits per heavy atom. The molecule has 5 heteroatoms. The van der Waals surface area contributed by atoms with Crippen LogP contribution in [0.1, 0.15) is 30.9 Å². The topological polar surface area (TPSA) is 49.3 Å². The van der Waals surface area contributed by atoms with Crippen LogP contribution >= 0.6 is 23.4 Å². The van der Waals surface area contributed by atoms with Crippen molar-refractivity contribution in [2.75, 3.05) is 12.3 Å². The number of nitrogens with one attached hydrogen (secondary N) is 1. The van der Waals surface area contributed by atoms with Crippen molar-refractivity contribution in [1.82, 2.24) is 5.32 Å². The Labute approximate surface area is 116 Å². The predicted octanol–water partition coefficient (Wildman–Crippen LogP) is 3.33. The third kappa shape index (κ3) is 3.64. The minimum Gasteiger partial charge on any atom is -0.481 e. The average molecular weight is 286 g/mol. The van der Waals surface area contributed by atoms with E-state index >= 15 is 0 Å². The number of fused-ring (bicyclic) bond motifs is 1. The van der Waals surface area contributed by atoms with Gasteiger partial charge >= 0.3 is 5.97 Å². The number of hydrogen-bond acceptors (Lipinski definition) is 3. The summed E-state index contributed by atoms with van der Waals surface area (Å²) in [6, 6.07) is 6.29. The summed E-state index contributed by atoms with van der Waals surface area (Å²) in [6.07, 6.45) is 1.94. The highest BCUT2D eigenvalue weighted by Crippen LogP contribution is 2.37. The summed E-state index contributed by atoms with van der Waals surface area (Å²) < 4.78 is 0. The molecule has 18 heavy (non-hydrogen) atoms. The number of rotatable bonds is 5. The van der Waals surface area contributed by atoms with Gasteiger partial charge in [-0.15, -0.1) is 11.8 Å². The number of carboxylic acids is 1. The van der Waals surface area contributed by atoms with E-state index in [1.54, 1.807) is 0 Å². The van der Waals surface area contributed by atoms with Crippen LogP contribution < -0.4 is 5.32 Å². The van der Waals surface area contributed by atoms with Crippen LogP contribution in [0.2, 0.25) is 5.02 Å². The number of hydrogen-bond donors (Lipinski definition) is 2. The fourth-order valence-electron chi connectivity index (χ4n) is 2.09. The van der Waals surface area contributed by atoms with E-state index in [0.717, 1.165) is 23.7 Å². The lowest BCUT2D eigenvalue weighted by Gasteiger charge is -2.26. The largest absolute Gasteiger partial charge is 0.481 e. The van der Waals surface area contributed by atoms with Crippen molar-refractivity contribution in [3.05, 3.63) is 28.8 Å². The van der Waals surface area contributed by atoms with E-state index in [1.807, 2.05) is 23.9 Å². The van der Waals surface area contributed by atoms with Crippen molar-refractivity contribution < 1.29 is 9.90 Å². The Kier molecular flexibility index (Phi) is 4.92. The van der Waals surface area contributed by atoms with Crippen LogP contribution in [0.25, 0.3) is 0 Å². The number of carbonyl (C=O) groups is 1. The van der Waals surface area contributed by atoms with Crippen LogP contribution in [0.5, 0.6) is 0 Å². The summed E-state index contributed by atoms with van der Waals surface area (Å²) in [5.41, 5.74) is 1.24. The molecule has 0 spiro atoms. The van der Waals surface area contributed by atoms with Gasteiger partial charge in [-0.1, -0.05) is 11.6 Å². The zero-order valence-corrected chi connectivity index (χ0v) is 11.6. The third-order valence-electron chi connectivity index (χ3n) is 2.97. The van der Waals surface area contributed by atoms with E-state index in [2.05, 4.69) is 11.4 Å². The van der Waals surface area contributed by atoms with Gasteiger partial charge in [-0.05, 0) is 48.9 Å². The maximum atomic E-state index is 10.4. The SMILES string of the molecule is O=C(O)CCCNC1CCSc2ccc(Cl)cc21. The first kappa shape index (κ1) is 13.7. The number of carboxylic acid groups (broad SMARTS) is 1. The van der Waals surface area contributed by atoms with Crippen LogP contribution in [0.3, 0.4) is 0 Å². The summed E-state index contributed by atoms with van der Waals surface area (Å²) in [5, 5.41) is 12.8. The van der Waals surface area contributed by atoms with Gasteiger partial charge in [-0.2, -0.15) is 0 Å². The van der Waals surface area contributed by atoms with Gasteiger partial charge in [0, 0.05) is 22.4 Å². The second-order valence-corrected chi connectivity index (χ2v) is 5.90. The molecule has 0 bridgehead atoms. The van der Waals surface area contributed by atoms with Crippen LogP contribution in [-0.2, 0) is 4.79 Å². The first-order valence-electron chi connectivity index (χ1n) is 6.04. The molecule has 0 aromatic heterocycles. The smallest absolute Gasteiger partial charge is 0.303 e. The van der Waals surface area contributed by atoms with Gasteiger partial charge in [0.2, 0.25) is 0 Å². The second kappa shape index (κ2) is 6.45. The molecule has 2 rings (SSSR count). The summed E-state index contributed by atoms with van der Waals surface area (Å²) in [6.45, 7) is 0.730. The van der Waals surface area contributed by atoms with E-state index < -0.39 is 5.97 Å². The van der Waals surface area contributed by atoms with E-state index in [-0.39, 0.29) is 6.42 Å². The lowest BCUT2D eigenvalue weighted by atomic mass is 10.0. The normalized spacial score (nSPS) is 18.4. The zero-order chi connectivity index (χ0) is 13.0. The molecule has 0 fully saturated rings. The van der Waals surface area contributed by atoms with Gasteiger partial charge in [-0.3, -0.25) is 4.79 Å². The molecule has 1 aromatic rings. The van der Waals surface area contributed by atoms with Crippen molar-refractivity contribution in [2.24, 2.45) is 0 Å². The molecule has 1 aromatic carbocycles. The zero-order valence-electron chi connectivity index (χ0n) is 9.99. The molecule has 98 valence electrons. The molecule has 1 atom stereocenters. The average Bonchev–Trinajstić information content (AvgIpc) is 2.34. The standard InChI is InChI=1S/C13H16ClNO2S/c14-9-3-4-12-10(8-9)11(5-7-18-12)15-6-1-2-13(16)17/h3-4,8,11,15H,1-2,5-7H2,(H,16,17). The molecular weight excluding hydrogens is 270 g/mol. The van der Waals surface area contributed by atoms with Gasteiger partial charge in [0.15, 0.2) is 0 Å². The lowest BCUT2D eigenvalue weighted by molar-refractivity contribution is -0.137. The van der Waals surface area contributed by atoms with Gasteiger partial charge < -0.3 is 10.4 Å². The van der Waals surface area contributed by atoms with Crippen molar-refractivity contribution in [3.8, 4) is 0 Å². The molecule has 1 aliphatic heterocycles. The lowest BCUT2D eigenvalue weighted by Crippen LogP contribution is -2.25. The summed E-state index contributed by atoms with van der Waals surface area (Å²) in [5.74, 6) is 0.352. The Bertz CT molecular complexity index is 439. The molecule has 0 radical (unpaired) electrons. The first-order valence-corrected chi connectivity index (χ1v) is 7.40. The second-order valence-electron chi connectivity index (χ2n) is 4.32. The fourth-order valence-corrected chi connectivity index (χ4v) is 3.38. The van der Waals surface area contributed by atoms with Gasteiger partial charge in [0.1, 0.15) is 0 Å². The van der Waals surface area contributed by atoms with Crippen LogP contribution in [0.4, 0.5) is 0 Å². The fraction of sp³-hybridized carbons (Fsp3) is 0.462. The quantitative estimate of drug-likeness (QED) is 0.815. The Morgan fingerprint density at radius 2 is 2.39 bits per heavy atom. The molecule has 0 saturated heterocycles. The van der Waals surface area contributed by atoms with Crippen molar-refractivity contribution in [3.63, 3.8) is 0 Å². The highest BCUT2D eigenvalue weighted by Gasteiger charge is 2.20.